The van der Waals surface area contributed by atoms with E-state index in [9.17, 15) is 0 Å². The summed E-state index contributed by atoms with van der Waals surface area (Å²) in [4.78, 5) is 9.71. The van der Waals surface area contributed by atoms with Crippen LogP contribution in [0.3, 0.4) is 0 Å². The van der Waals surface area contributed by atoms with E-state index in [-0.39, 0.29) is 0 Å². The molecule has 1 aliphatic rings. The van der Waals surface area contributed by atoms with Gasteiger partial charge >= 0.3 is 0 Å². The van der Waals surface area contributed by atoms with Gasteiger partial charge in [-0.25, -0.2) is 0 Å². The number of thiocarbonyl (C=S) groups is 1. The summed E-state index contributed by atoms with van der Waals surface area (Å²) in [6.45, 7) is 2.07. The number of thiophene rings is 2. The fraction of sp³-hybridized carbons (Fsp3) is 0.318. The van der Waals surface area contributed by atoms with Crippen LogP contribution in [-0.2, 0) is 6.42 Å². The van der Waals surface area contributed by atoms with Crippen molar-refractivity contribution in [2.24, 2.45) is 10.9 Å². The summed E-state index contributed by atoms with van der Waals surface area (Å²) in [6, 6.07) is 15.4. The molecule has 1 fully saturated rings. The minimum Gasteiger partial charge on any atom is -0.194 e. The monoisotopic (exact) mass is 395 g/mol. The van der Waals surface area contributed by atoms with E-state index in [1.807, 2.05) is 28.7 Å². The molecule has 1 aliphatic carbocycles. The standard InChI is InChI=1S/C22H21NS3/c1-15-12-17(6-8-19(15)23-14-24)20-10-11-22(26-20)21-9-7-18(25-21)13-16-4-2-3-5-16/h6-12,16H,2-5,13H2,1H3. The first-order valence-corrected chi connectivity index (χ1v) is 11.1. The smallest absolute Gasteiger partial charge is 0.0769 e. The summed E-state index contributed by atoms with van der Waals surface area (Å²) >= 11 is 8.55. The fourth-order valence-corrected chi connectivity index (χ4v) is 6.04. The van der Waals surface area contributed by atoms with Crippen LogP contribution in [0.4, 0.5) is 5.69 Å². The summed E-state index contributed by atoms with van der Waals surface area (Å²) in [7, 11) is 0. The highest BCUT2D eigenvalue weighted by Crippen LogP contribution is 2.39. The zero-order valence-electron chi connectivity index (χ0n) is 14.8. The Hall–Kier alpha value is -1.58. The second-order valence-corrected chi connectivity index (χ2v) is 9.42. The molecular weight excluding hydrogens is 374 g/mol. The maximum Gasteiger partial charge on any atom is 0.0769 e. The van der Waals surface area contributed by atoms with Gasteiger partial charge in [0.1, 0.15) is 0 Å². The Bertz CT molecular complexity index is 953. The van der Waals surface area contributed by atoms with Crippen molar-refractivity contribution in [1.29, 1.82) is 0 Å². The highest BCUT2D eigenvalue weighted by atomic mass is 32.1. The molecule has 0 spiro atoms. The number of isothiocyanates is 1. The lowest BCUT2D eigenvalue weighted by Crippen LogP contribution is -1.95. The third-order valence-corrected chi connectivity index (χ3v) is 7.65. The number of rotatable bonds is 5. The van der Waals surface area contributed by atoms with Crippen molar-refractivity contribution >= 4 is 45.7 Å². The van der Waals surface area contributed by atoms with Crippen molar-refractivity contribution in [3.63, 3.8) is 0 Å². The van der Waals surface area contributed by atoms with Crippen LogP contribution in [0.5, 0.6) is 0 Å². The Morgan fingerprint density at radius 3 is 2.50 bits per heavy atom. The van der Waals surface area contributed by atoms with Gasteiger partial charge in [-0.3, -0.25) is 0 Å². The van der Waals surface area contributed by atoms with Crippen molar-refractivity contribution in [2.45, 2.75) is 39.0 Å². The Balaban J connectivity index is 1.53. The molecule has 26 heavy (non-hydrogen) atoms. The molecule has 1 aromatic carbocycles. The van der Waals surface area contributed by atoms with Crippen molar-refractivity contribution in [1.82, 2.24) is 0 Å². The van der Waals surface area contributed by atoms with Crippen LogP contribution in [0, 0.1) is 12.8 Å². The first-order chi connectivity index (χ1) is 12.7. The molecule has 4 heteroatoms. The number of nitrogens with zero attached hydrogens (tertiary/aromatic N) is 1. The first kappa shape index (κ1) is 17.8. The highest BCUT2D eigenvalue weighted by Gasteiger charge is 2.17. The lowest BCUT2D eigenvalue weighted by atomic mass is 10.0. The second kappa shape index (κ2) is 7.98. The molecule has 0 N–H and O–H groups in total. The predicted molar refractivity (Wildman–Crippen MR) is 118 cm³/mol. The van der Waals surface area contributed by atoms with Gasteiger partial charge in [0.05, 0.1) is 10.8 Å². The lowest BCUT2D eigenvalue weighted by molar-refractivity contribution is 0.551. The van der Waals surface area contributed by atoms with Gasteiger partial charge < -0.3 is 0 Å². The van der Waals surface area contributed by atoms with Crippen LogP contribution >= 0.6 is 34.9 Å². The molecule has 0 amide bonds. The number of hydrogen-bond donors (Lipinski definition) is 0. The van der Waals surface area contributed by atoms with Gasteiger partial charge in [-0.2, -0.15) is 4.99 Å². The zero-order chi connectivity index (χ0) is 17.9. The van der Waals surface area contributed by atoms with E-state index < -0.39 is 0 Å². The zero-order valence-corrected chi connectivity index (χ0v) is 17.3. The van der Waals surface area contributed by atoms with Gasteiger partial charge in [0.2, 0.25) is 0 Å². The quantitative estimate of drug-likeness (QED) is 0.316. The topological polar surface area (TPSA) is 12.4 Å². The third kappa shape index (κ3) is 3.89. The van der Waals surface area contributed by atoms with Crippen molar-refractivity contribution < 1.29 is 0 Å². The molecule has 3 aromatic rings. The van der Waals surface area contributed by atoms with Gasteiger partial charge in [-0.15, -0.1) is 22.7 Å². The summed E-state index contributed by atoms with van der Waals surface area (Å²) in [5.41, 5.74) is 3.27. The fourth-order valence-electron chi connectivity index (χ4n) is 3.73. The van der Waals surface area contributed by atoms with E-state index in [4.69, 9.17) is 12.2 Å². The molecule has 0 bridgehead atoms. The number of hydrogen-bond acceptors (Lipinski definition) is 4. The molecule has 2 aromatic heterocycles. The second-order valence-electron chi connectivity index (χ2n) is 6.99. The average Bonchev–Trinajstić information content (AvgIpc) is 3.38. The SMILES string of the molecule is Cc1cc(-c2ccc(-c3ccc(CC4CCCC4)s3)s2)ccc1N=C=S. The highest BCUT2D eigenvalue weighted by molar-refractivity contribution is 7.78. The number of benzene rings is 1. The molecule has 0 radical (unpaired) electrons. The van der Waals surface area contributed by atoms with E-state index in [2.05, 4.69) is 53.5 Å². The molecule has 2 heterocycles. The maximum absolute atomic E-state index is 4.71. The van der Waals surface area contributed by atoms with Crippen molar-refractivity contribution in [2.75, 3.05) is 0 Å². The molecule has 0 saturated heterocycles. The van der Waals surface area contributed by atoms with E-state index in [0.717, 1.165) is 17.2 Å². The summed E-state index contributed by atoms with van der Waals surface area (Å²) < 4.78 is 0. The molecule has 0 unspecified atom stereocenters. The molecule has 4 rings (SSSR count). The number of aryl methyl sites for hydroxylation is 1. The van der Waals surface area contributed by atoms with Crippen molar-refractivity contribution in [3.05, 3.63) is 52.9 Å². The van der Waals surface area contributed by atoms with E-state index in [0.29, 0.717) is 0 Å². The van der Waals surface area contributed by atoms with Gasteiger partial charge in [-0.05, 0) is 79.0 Å². The van der Waals surface area contributed by atoms with Crippen LogP contribution in [0.25, 0.3) is 20.2 Å². The molecule has 1 nitrogen and oxygen atoms in total. The average molecular weight is 396 g/mol. The van der Waals surface area contributed by atoms with Crippen LogP contribution in [0.1, 0.15) is 36.1 Å². The minimum atomic E-state index is 0.898. The van der Waals surface area contributed by atoms with E-state index in [1.165, 1.54) is 52.3 Å². The van der Waals surface area contributed by atoms with E-state index >= 15 is 0 Å². The summed E-state index contributed by atoms with van der Waals surface area (Å²) in [6.07, 6.45) is 6.94. The maximum atomic E-state index is 4.71. The first-order valence-electron chi connectivity index (χ1n) is 9.11. The van der Waals surface area contributed by atoms with Gasteiger partial charge in [0.15, 0.2) is 0 Å². The van der Waals surface area contributed by atoms with Crippen molar-refractivity contribution in [3.8, 4) is 20.2 Å². The van der Waals surface area contributed by atoms with Crippen LogP contribution in [0.15, 0.2) is 47.5 Å². The Kier molecular flexibility index (Phi) is 5.46. The predicted octanol–water partition coefficient (Wildman–Crippen LogP) is 7.92. The lowest BCUT2D eigenvalue weighted by Gasteiger charge is -2.05. The molecule has 132 valence electrons. The molecule has 0 aliphatic heterocycles. The Labute approximate surface area is 168 Å². The number of aliphatic imine (C=N–C) groups is 1. The van der Waals surface area contributed by atoms with Gasteiger partial charge in [0, 0.05) is 19.5 Å². The minimum absolute atomic E-state index is 0.898. The summed E-state index contributed by atoms with van der Waals surface area (Å²) in [5.74, 6) is 0.914. The van der Waals surface area contributed by atoms with Crippen LogP contribution in [0.2, 0.25) is 0 Å². The largest absolute Gasteiger partial charge is 0.194 e. The third-order valence-electron chi connectivity index (χ3n) is 5.12. The Morgan fingerprint density at radius 1 is 1.00 bits per heavy atom. The van der Waals surface area contributed by atoms with Gasteiger partial charge in [0.25, 0.3) is 0 Å². The van der Waals surface area contributed by atoms with Crippen LogP contribution in [-0.4, -0.2) is 5.16 Å². The molecule has 0 atom stereocenters. The molecular formula is C22H21NS3. The van der Waals surface area contributed by atoms with E-state index in [1.54, 1.807) is 4.88 Å². The van der Waals surface area contributed by atoms with Gasteiger partial charge in [-0.1, -0.05) is 31.7 Å². The normalized spacial score (nSPS) is 14.5. The summed E-state index contributed by atoms with van der Waals surface area (Å²) in [5, 5.41) is 2.45. The molecule has 1 saturated carbocycles. The Morgan fingerprint density at radius 2 is 1.73 bits per heavy atom. The van der Waals surface area contributed by atoms with Crippen LogP contribution < -0.4 is 0 Å².